The van der Waals surface area contributed by atoms with Crippen molar-refractivity contribution in [1.29, 1.82) is 0 Å². The van der Waals surface area contributed by atoms with Gasteiger partial charge < -0.3 is 10.0 Å². The van der Waals surface area contributed by atoms with Crippen molar-refractivity contribution < 1.29 is 18.3 Å². The molecule has 0 unspecified atom stereocenters. The van der Waals surface area contributed by atoms with E-state index in [4.69, 9.17) is 5.11 Å². The minimum Gasteiger partial charge on any atom is -0.395 e. The second kappa shape index (κ2) is 7.75. The summed E-state index contributed by atoms with van der Waals surface area (Å²) in [7, 11) is -3.16. The lowest BCUT2D eigenvalue weighted by Gasteiger charge is -2.33. The van der Waals surface area contributed by atoms with E-state index in [0.717, 1.165) is 0 Å². The van der Waals surface area contributed by atoms with E-state index < -0.39 is 10.0 Å². The lowest BCUT2D eigenvalue weighted by molar-refractivity contribution is -0.136. The Morgan fingerprint density at radius 2 is 2.05 bits per heavy atom. The summed E-state index contributed by atoms with van der Waals surface area (Å²) in [5.41, 5.74) is 0. The van der Waals surface area contributed by atoms with Gasteiger partial charge in [0.05, 0.1) is 12.4 Å². The van der Waals surface area contributed by atoms with Gasteiger partial charge in [-0.1, -0.05) is 6.08 Å². The zero-order valence-corrected chi connectivity index (χ0v) is 12.8. The first kappa shape index (κ1) is 17.1. The predicted octanol–water partition coefficient (Wildman–Crippen LogP) is 0.0550. The third kappa shape index (κ3) is 4.29. The maximum absolute atomic E-state index is 12.3. The van der Waals surface area contributed by atoms with Crippen LogP contribution >= 0.6 is 0 Å². The van der Waals surface area contributed by atoms with Crippen molar-refractivity contribution in [2.75, 3.05) is 38.5 Å². The van der Waals surface area contributed by atoms with Crippen molar-refractivity contribution >= 4 is 15.9 Å². The first-order valence-corrected chi connectivity index (χ1v) is 8.55. The Hall–Kier alpha value is -0.920. The van der Waals surface area contributed by atoms with Gasteiger partial charge >= 0.3 is 0 Å². The molecule has 0 saturated carbocycles. The lowest BCUT2D eigenvalue weighted by atomic mass is 9.96. The highest BCUT2D eigenvalue weighted by molar-refractivity contribution is 7.89. The van der Waals surface area contributed by atoms with E-state index in [2.05, 4.69) is 6.58 Å². The summed E-state index contributed by atoms with van der Waals surface area (Å²) in [6.45, 7) is 6.64. The molecule has 20 heavy (non-hydrogen) atoms. The van der Waals surface area contributed by atoms with Crippen LogP contribution in [-0.4, -0.2) is 67.2 Å². The highest BCUT2D eigenvalue weighted by Gasteiger charge is 2.31. The van der Waals surface area contributed by atoms with Crippen LogP contribution in [-0.2, 0) is 14.8 Å². The van der Waals surface area contributed by atoms with Gasteiger partial charge in [-0.3, -0.25) is 4.79 Å². The van der Waals surface area contributed by atoms with Gasteiger partial charge in [-0.05, 0) is 19.8 Å². The van der Waals surface area contributed by atoms with Crippen molar-refractivity contribution in [1.82, 2.24) is 9.21 Å². The van der Waals surface area contributed by atoms with Gasteiger partial charge in [0.25, 0.3) is 0 Å². The monoisotopic (exact) mass is 304 g/mol. The Morgan fingerprint density at radius 3 is 2.50 bits per heavy atom. The molecule has 0 bridgehead atoms. The van der Waals surface area contributed by atoms with Crippen LogP contribution in [0.3, 0.4) is 0 Å². The number of piperidine rings is 1. The highest BCUT2D eigenvalue weighted by Crippen LogP contribution is 2.21. The standard InChI is InChI=1S/C13H24N2O4S/c1-3-7-14(10-11-16)13(17)12-5-8-15(9-6-12)20(18,19)4-2/h3,12,16H,1,4-11H2,2H3. The molecule has 116 valence electrons. The first-order chi connectivity index (χ1) is 9.46. The molecule has 1 heterocycles. The van der Waals surface area contributed by atoms with Gasteiger partial charge in [0.15, 0.2) is 0 Å². The lowest BCUT2D eigenvalue weighted by Crippen LogP contribution is -2.45. The number of hydrogen-bond acceptors (Lipinski definition) is 4. The number of rotatable bonds is 7. The smallest absolute Gasteiger partial charge is 0.226 e. The molecule has 6 nitrogen and oxygen atoms in total. The van der Waals surface area contributed by atoms with Crippen molar-refractivity contribution in [3.05, 3.63) is 12.7 Å². The van der Waals surface area contributed by atoms with Gasteiger partial charge in [-0.15, -0.1) is 6.58 Å². The molecule has 1 rings (SSSR count). The molecule has 1 N–H and O–H groups in total. The number of carbonyl (C=O) groups excluding carboxylic acids is 1. The maximum Gasteiger partial charge on any atom is 0.226 e. The molecule has 0 atom stereocenters. The van der Waals surface area contributed by atoms with Crippen molar-refractivity contribution in [2.24, 2.45) is 5.92 Å². The molecule has 1 aliphatic rings. The number of hydrogen-bond donors (Lipinski definition) is 1. The van der Waals surface area contributed by atoms with E-state index in [0.29, 0.717) is 39.0 Å². The van der Waals surface area contributed by atoms with Gasteiger partial charge in [0.1, 0.15) is 0 Å². The second-order valence-corrected chi connectivity index (χ2v) is 7.13. The molecular weight excluding hydrogens is 280 g/mol. The summed E-state index contributed by atoms with van der Waals surface area (Å²) in [5, 5.41) is 8.98. The van der Waals surface area contributed by atoms with E-state index >= 15 is 0 Å². The summed E-state index contributed by atoms with van der Waals surface area (Å²) >= 11 is 0. The predicted molar refractivity (Wildman–Crippen MR) is 77.6 cm³/mol. The van der Waals surface area contributed by atoms with E-state index in [1.54, 1.807) is 17.9 Å². The van der Waals surface area contributed by atoms with Crippen molar-refractivity contribution in [3.63, 3.8) is 0 Å². The van der Waals surface area contributed by atoms with E-state index in [9.17, 15) is 13.2 Å². The minimum absolute atomic E-state index is 0.0208. The number of nitrogens with zero attached hydrogens (tertiary/aromatic N) is 2. The second-order valence-electron chi connectivity index (χ2n) is 4.87. The quantitative estimate of drug-likeness (QED) is 0.674. The van der Waals surface area contributed by atoms with Crippen molar-refractivity contribution in [2.45, 2.75) is 19.8 Å². The zero-order chi connectivity index (χ0) is 15.2. The van der Waals surface area contributed by atoms with Crippen LogP contribution < -0.4 is 0 Å². The number of aliphatic hydroxyl groups excluding tert-OH is 1. The van der Waals surface area contributed by atoms with Gasteiger partial charge in [-0.25, -0.2) is 12.7 Å². The Bertz CT molecular complexity index is 428. The third-order valence-electron chi connectivity index (χ3n) is 3.59. The van der Waals surface area contributed by atoms with Gasteiger partial charge in [0, 0.05) is 32.1 Å². The average molecular weight is 304 g/mol. The fraction of sp³-hybridized carbons (Fsp3) is 0.769. The molecule has 0 aromatic carbocycles. The highest BCUT2D eigenvalue weighted by atomic mass is 32.2. The van der Waals surface area contributed by atoms with Crippen LogP contribution in [0.4, 0.5) is 0 Å². The molecule has 7 heteroatoms. The van der Waals surface area contributed by atoms with Crippen LogP contribution in [0.5, 0.6) is 0 Å². The number of sulfonamides is 1. The third-order valence-corrected chi connectivity index (χ3v) is 5.47. The molecule has 0 aliphatic carbocycles. The molecule has 1 fully saturated rings. The molecule has 1 saturated heterocycles. The average Bonchev–Trinajstić information content (AvgIpc) is 2.46. The summed E-state index contributed by atoms with van der Waals surface area (Å²) < 4.78 is 25.0. The molecule has 1 amide bonds. The molecular formula is C13H24N2O4S. The topological polar surface area (TPSA) is 77.9 Å². The van der Waals surface area contributed by atoms with E-state index in [1.165, 1.54) is 4.31 Å². The molecule has 0 aromatic rings. The number of carbonyl (C=O) groups is 1. The fourth-order valence-corrected chi connectivity index (χ4v) is 3.52. The number of aliphatic hydroxyl groups is 1. The normalized spacial score (nSPS) is 17.9. The Kier molecular flexibility index (Phi) is 6.64. The van der Waals surface area contributed by atoms with Gasteiger partial charge in [0.2, 0.25) is 15.9 Å². The summed E-state index contributed by atoms with van der Waals surface area (Å²) in [6.07, 6.45) is 2.71. The zero-order valence-electron chi connectivity index (χ0n) is 12.0. The maximum atomic E-state index is 12.3. The Labute approximate surface area is 121 Å². The SMILES string of the molecule is C=CCN(CCO)C(=O)C1CCN(S(=O)(=O)CC)CC1. The summed E-state index contributed by atoms with van der Waals surface area (Å²) in [4.78, 5) is 13.9. The largest absolute Gasteiger partial charge is 0.395 e. The number of amides is 1. The molecule has 0 spiro atoms. The Balaban J connectivity index is 2.59. The fourth-order valence-electron chi connectivity index (χ4n) is 2.39. The van der Waals surface area contributed by atoms with Crippen molar-refractivity contribution in [3.8, 4) is 0 Å². The van der Waals surface area contributed by atoms with E-state index in [-0.39, 0.29) is 24.2 Å². The van der Waals surface area contributed by atoms with Gasteiger partial charge in [-0.2, -0.15) is 0 Å². The first-order valence-electron chi connectivity index (χ1n) is 6.94. The van der Waals surface area contributed by atoms with Crippen LogP contribution in [0.15, 0.2) is 12.7 Å². The minimum atomic E-state index is -3.16. The summed E-state index contributed by atoms with van der Waals surface area (Å²) in [5.74, 6) is -0.0871. The van der Waals surface area contributed by atoms with Crippen LogP contribution in [0.1, 0.15) is 19.8 Å². The summed E-state index contributed by atoms with van der Waals surface area (Å²) in [6, 6.07) is 0. The van der Waals surface area contributed by atoms with E-state index in [1.807, 2.05) is 0 Å². The molecule has 0 radical (unpaired) electrons. The van der Waals surface area contributed by atoms with Crippen LogP contribution in [0.2, 0.25) is 0 Å². The Morgan fingerprint density at radius 1 is 1.45 bits per heavy atom. The van der Waals surface area contributed by atoms with Crippen LogP contribution in [0, 0.1) is 5.92 Å². The molecule has 0 aromatic heterocycles. The van der Waals surface area contributed by atoms with Crippen LogP contribution in [0.25, 0.3) is 0 Å². The molecule has 1 aliphatic heterocycles.